The number of aliphatic hydroxyl groups is 1. The minimum atomic E-state index is -4.62. The first-order valence-corrected chi connectivity index (χ1v) is 4.39. The van der Waals surface area contributed by atoms with Crippen molar-refractivity contribution in [3.63, 3.8) is 0 Å². The fraction of sp³-hybridized carbons (Fsp3) is 1.00. The zero-order valence-electron chi connectivity index (χ0n) is 8.17. The van der Waals surface area contributed by atoms with Crippen molar-refractivity contribution in [2.24, 2.45) is 0 Å². The summed E-state index contributed by atoms with van der Waals surface area (Å²) in [5, 5.41) is 8.72. The molecule has 0 fully saturated rings. The molecule has 0 spiro atoms. The molecular formula is C8H15F3O3. The van der Waals surface area contributed by atoms with Gasteiger partial charge in [-0.15, -0.1) is 0 Å². The summed E-state index contributed by atoms with van der Waals surface area (Å²) in [6.07, 6.45) is -8.61. The van der Waals surface area contributed by atoms with Crippen LogP contribution in [-0.4, -0.2) is 36.9 Å². The lowest BCUT2D eigenvalue weighted by Crippen LogP contribution is -2.34. The van der Waals surface area contributed by atoms with Gasteiger partial charge in [-0.25, -0.2) is 0 Å². The number of aliphatic hydroxyl groups excluding tert-OH is 1. The van der Waals surface area contributed by atoms with Crippen LogP contribution >= 0.6 is 0 Å². The van der Waals surface area contributed by atoms with Gasteiger partial charge in [-0.2, -0.15) is 13.2 Å². The highest BCUT2D eigenvalue weighted by molar-refractivity contribution is 4.66. The Bertz CT molecular complexity index is 143. The summed E-state index contributed by atoms with van der Waals surface area (Å²) in [6, 6.07) is 0. The van der Waals surface area contributed by atoms with Crippen molar-refractivity contribution in [1.29, 1.82) is 0 Å². The van der Waals surface area contributed by atoms with Crippen LogP contribution in [0.25, 0.3) is 0 Å². The van der Waals surface area contributed by atoms with Gasteiger partial charge in [0.05, 0.1) is 0 Å². The zero-order chi connectivity index (χ0) is 11.2. The Morgan fingerprint density at radius 1 is 1.14 bits per heavy atom. The number of ether oxygens (including phenoxy) is 2. The Kier molecular flexibility index (Phi) is 6.06. The van der Waals surface area contributed by atoms with Crippen molar-refractivity contribution in [2.75, 3.05) is 13.2 Å². The topological polar surface area (TPSA) is 38.7 Å². The van der Waals surface area contributed by atoms with Gasteiger partial charge in [0.25, 0.3) is 0 Å². The highest BCUT2D eigenvalue weighted by atomic mass is 19.4. The van der Waals surface area contributed by atoms with Crippen molar-refractivity contribution in [1.82, 2.24) is 0 Å². The predicted octanol–water partition coefficient (Wildman–Crippen LogP) is 1.70. The fourth-order valence-electron chi connectivity index (χ4n) is 0.872. The molecule has 14 heavy (non-hydrogen) atoms. The van der Waals surface area contributed by atoms with Crippen LogP contribution in [0, 0.1) is 0 Å². The van der Waals surface area contributed by atoms with Crippen LogP contribution in [0.4, 0.5) is 13.2 Å². The van der Waals surface area contributed by atoms with Gasteiger partial charge >= 0.3 is 6.18 Å². The lowest BCUT2D eigenvalue weighted by Gasteiger charge is -2.21. The Morgan fingerprint density at radius 2 is 1.57 bits per heavy atom. The van der Waals surface area contributed by atoms with E-state index in [4.69, 9.17) is 14.6 Å². The summed E-state index contributed by atoms with van der Waals surface area (Å²) in [5.41, 5.74) is 0. The maximum atomic E-state index is 11.9. The first-order chi connectivity index (χ1) is 6.41. The quantitative estimate of drug-likeness (QED) is 0.687. The maximum absolute atomic E-state index is 11.9. The molecule has 0 aliphatic heterocycles. The van der Waals surface area contributed by atoms with Gasteiger partial charge in [0.1, 0.15) is 0 Å². The van der Waals surface area contributed by atoms with Crippen molar-refractivity contribution in [3.05, 3.63) is 0 Å². The minimum absolute atomic E-state index is 0.245. The molecule has 86 valence electrons. The van der Waals surface area contributed by atoms with E-state index in [2.05, 4.69) is 0 Å². The van der Waals surface area contributed by atoms with E-state index in [1.54, 1.807) is 13.8 Å². The lowest BCUT2D eigenvalue weighted by atomic mass is 10.2. The average Bonchev–Trinajstić information content (AvgIpc) is 2.03. The molecule has 1 N–H and O–H groups in total. The first-order valence-electron chi connectivity index (χ1n) is 4.39. The van der Waals surface area contributed by atoms with E-state index in [9.17, 15) is 13.2 Å². The molecule has 6 heteroatoms. The first kappa shape index (κ1) is 13.7. The minimum Gasteiger partial charge on any atom is -0.383 e. The molecule has 3 nitrogen and oxygen atoms in total. The molecule has 0 aromatic rings. The number of rotatable bonds is 6. The van der Waals surface area contributed by atoms with Crippen molar-refractivity contribution in [3.8, 4) is 0 Å². The monoisotopic (exact) mass is 216 g/mol. The van der Waals surface area contributed by atoms with E-state index >= 15 is 0 Å². The Hall–Kier alpha value is -0.330. The van der Waals surface area contributed by atoms with Gasteiger partial charge in [0.2, 0.25) is 0 Å². The zero-order valence-corrected chi connectivity index (χ0v) is 8.17. The van der Waals surface area contributed by atoms with Gasteiger partial charge in [-0.1, -0.05) is 0 Å². The molecule has 0 amide bonds. The summed E-state index contributed by atoms with van der Waals surface area (Å²) >= 11 is 0. The van der Waals surface area contributed by atoms with Gasteiger partial charge in [-0.3, -0.25) is 0 Å². The second-order valence-electron chi connectivity index (χ2n) is 2.63. The third-order valence-electron chi connectivity index (χ3n) is 1.50. The fourth-order valence-corrected chi connectivity index (χ4v) is 0.872. The van der Waals surface area contributed by atoms with E-state index in [0.29, 0.717) is 0 Å². The van der Waals surface area contributed by atoms with Crippen molar-refractivity contribution in [2.45, 2.75) is 38.8 Å². The van der Waals surface area contributed by atoms with Gasteiger partial charge in [0.15, 0.2) is 12.4 Å². The molecule has 0 aromatic heterocycles. The molecule has 0 aliphatic carbocycles. The largest absolute Gasteiger partial charge is 0.414 e. The predicted molar refractivity (Wildman–Crippen MR) is 43.7 cm³/mol. The SMILES string of the molecule is CCOC(CC(O)C(F)(F)F)OCC. The second kappa shape index (κ2) is 6.21. The Balaban J connectivity index is 4.01. The third-order valence-corrected chi connectivity index (χ3v) is 1.50. The van der Waals surface area contributed by atoms with Crippen LogP contribution in [0.15, 0.2) is 0 Å². The van der Waals surface area contributed by atoms with E-state index in [-0.39, 0.29) is 13.2 Å². The standard InChI is InChI=1S/C8H15F3O3/c1-3-13-7(14-4-2)5-6(12)8(9,10)11/h6-7,12H,3-5H2,1-2H3. The number of hydrogen-bond acceptors (Lipinski definition) is 3. The highest BCUT2D eigenvalue weighted by Gasteiger charge is 2.39. The van der Waals surface area contributed by atoms with Gasteiger partial charge in [0, 0.05) is 19.6 Å². The Labute approximate surface area is 80.8 Å². The van der Waals surface area contributed by atoms with E-state index in [0.717, 1.165) is 0 Å². The second-order valence-corrected chi connectivity index (χ2v) is 2.63. The molecule has 0 saturated heterocycles. The molecule has 0 saturated carbocycles. The van der Waals surface area contributed by atoms with Crippen LogP contribution in [-0.2, 0) is 9.47 Å². The van der Waals surface area contributed by atoms with Crippen molar-refractivity contribution >= 4 is 0 Å². The summed E-state index contributed by atoms with van der Waals surface area (Å²) in [6.45, 7) is 3.78. The number of halogens is 3. The molecule has 0 bridgehead atoms. The summed E-state index contributed by atoms with van der Waals surface area (Å²) in [5.74, 6) is 0. The van der Waals surface area contributed by atoms with E-state index in [1.807, 2.05) is 0 Å². The molecule has 1 unspecified atom stereocenters. The van der Waals surface area contributed by atoms with Crippen LogP contribution in [0.5, 0.6) is 0 Å². The summed E-state index contributed by atoms with van der Waals surface area (Å²) in [4.78, 5) is 0. The number of hydrogen-bond donors (Lipinski definition) is 1. The Morgan fingerprint density at radius 3 is 1.86 bits per heavy atom. The smallest absolute Gasteiger partial charge is 0.383 e. The molecule has 0 radical (unpaired) electrons. The molecule has 0 rings (SSSR count). The molecule has 0 aliphatic rings. The van der Waals surface area contributed by atoms with E-state index in [1.165, 1.54) is 0 Å². The molecular weight excluding hydrogens is 201 g/mol. The van der Waals surface area contributed by atoms with Crippen LogP contribution in [0.2, 0.25) is 0 Å². The van der Waals surface area contributed by atoms with Crippen LogP contribution < -0.4 is 0 Å². The van der Waals surface area contributed by atoms with Crippen LogP contribution in [0.1, 0.15) is 20.3 Å². The molecule has 1 atom stereocenters. The van der Waals surface area contributed by atoms with Gasteiger partial charge < -0.3 is 14.6 Å². The highest BCUT2D eigenvalue weighted by Crippen LogP contribution is 2.24. The van der Waals surface area contributed by atoms with E-state index < -0.39 is 25.0 Å². The number of alkyl halides is 3. The van der Waals surface area contributed by atoms with Crippen LogP contribution in [0.3, 0.4) is 0 Å². The average molecular weight is 216 g/mol. The maximum Gasteiger partial charge on any atom is 0.414 e. The normalized spacial score (nSPS) is 14.8. The molecule has 0 heterocycles. The van der Waals surface area contributed by atoms with Crippen molar-refractivity contribution < 1.29 is 27.8 Å². The molecule has 0 aromatic carbocycles. The van der Waals surface area contributed by atoms with Gasteiger partial charge in [-0.05, 0) is 13.8 Å². The third kappa shape index (κ3) is 5.41. The summed E-state index contributed by atoms with van der Waals surface area (Å²) in [7, 11) is 0. The summed E-state index contributed by atoms with van der Waals surface area (Å²) < 4.78 is 45.5. The lowest BCUT2D eigenvalue weighted by molar-refractivity contribution is -0.233.